The Hall–Kier alpha value is -1.88. The number of rotatable bonds is 7. The van der Waals surface area contributed by atoms with E-state index in [0.29, 0.717) is 18.9 Å². The van der Waals surface area contributed by atoms with E-state index in [2.05, 4.69) is 24.5 Å². The summed E-state index contributed by atoms with van der Waals surface area (Å²) in [5.74, 6) is 0.173. The highest BCUT2D eigenvalue weighted by atomic mass is 16.2. The van der Waals surface area contributed by atoms with Crippen LogP contribution in [-0.4, -0.2) is 25.4 Å². The van der Waals surface area contributed by atoms with E-state index in [1.807, 2.05) is 12.1 Å². The van der Waals surface area contributed by atoms with E-state index in [-0.39, 0.29) is 17.7 Å². The molecular weight excluding hydrogens is 266 g/mol. The maximum absolute atomic E-state index is 12.1. The number of hydrogen-bond donors (Lipinski definition) is 3. The lowest BCUT2D eigenvalue weighted by atomic mass is 9.96. The van der Waals surface area contributed by atoms with Crippen LogP contribution in [-0.2, 0) is 16.0 Å². The Morgan fingerprint density at radius 1 is 1.19 bits per heavy atom. The Morgan fingerprint density at radius 2 is 1.81 bits per heavy atom. The third kappa shape index (κ3) is 5.95. The number of carbonyl (C=O) groups excluding carboxylic acids is 2. The normalized spacial score (nSPS) is 12.0. The summed E-state index contributed by atoms with van der Waals surface area (Å²) in [6, 6.07) is 7.29. The molecule has 1 aromatic rings. The molecule has 5 heteroatoms. The van der Waals surface area contributed by atoms with Gasteiger partial charge in [0.2, 0.25) is 11.8 Å². The number of nitrogens with two attached hydrogens (primary N) is 1. The Bertz CT molecular complexity index is 469. The van der Waals surface area contributed by atoms with E-state index in [4.69, 9.17) is 5.73 Å². The molecule has 0 saturated heterocycles. The van der Waals surface area contributed by atoms with Crippen LogP contribution in [0.25, 0.3) is 0 Å². The van der Waals surface area contributed by atoms with Gasteiger partial charge < -0.3 is 16.4 Å². The first-order valence-electron chi connectivity index (χ1n) is 7.26. The summed E-state index contributed by atoms with van der Waals surface area (Å²) in [4.78, 5) is 23.4. The minimum atomic E-state index is -0.171. The average molecular weight is 291 g/mol. The van der Waals surface area contributed by atoms with E-state index >= 15 is 0 Å². The van der Waals surface area contributed by atoms with Crippen molar-refractivity contribution in [3.8, 4) is 0 Å². The highest BCUT2D eigenvalue weighted by molar-refractivity contribution is 5.92. The maximum atomic E-state index is 12.1. The predicted molar refractivity (Wildman–Crippen MR) is 84.8 cm³/mol. The first kappa shape index (κ1) is 17.2. The van der Waals surface area contributed by atoms with Crippen molar-refractivity contribution in [2.24, 2.45) is 17.6 Å². The number of carbonyl (C=O) groups is 2. The minimum Gasteiger partial charge on any atom is -0.359 e. The lowest BCUT2D eigenvalue weighted by Crippen LogP contribution is -2.30. The average Bonchev–Trinajstić information content (AvgIpc) is 2.46. The van der Waals surface area contributed by atoms with Crippen molar-refractivity contribution in [2.75, 3.05) is 18.9 Å². The Morgan fingerprint density at radius 3 is 2.29 bits per heavy atom. The minimum absolute atomic E-state index is 0.0353. The molecule has 0 heterocycles. The van der Waals surface area contributed by atoms with Crippen LogP contribution in [0.15, 0.2) is 24.3 Å². The van der Waals surface area contributed by atoms with Crippen molar-refractivity contribution in [1.29, 1.82) is 0 Å². The van der Waals surface area contributed by atoms with Gasteiger partial charge in [0.05, 0.1) is 12.3 Å². The smallest absolute Gasteiger partial charge is 0.228 e. The maximum Gasteiger partial charge on any atom is 0.228 e. The van der Waals surface area contributed by atoms with Crippen LogP contribution in [0.3, 0.4) is 0 Å². The molecule has 4 N–H and O–H groups in total. The quantitative estimate of drug-likeness (QED) is 0.712. The van der Waals surface area contributed by atoms with E-state index < -0.39 is 0 Å². The van der Waals surface area contributed by atoms with E-state index in [1.54, 1.807) is 19.2 Å². The molecule has 1 aromatic carbocycles. The van der Waals surface area contributed by atoms with Crippen LogP contribution in [0.5, 0.6) is 0 Å². The molecule has 0 aliphatic heterocycles. The highest BCUT2D eigenvalue weighted by Crippen LogP contribution is 2.15. The zero-order chi connectivity index (χ0) is 15.8. The van der Waals surface area contributed by atoms with Gasteiger partial charge in [0, 0.05) is 19.3 Å². The van der Waals surface area contributed by atoms with Gasteiger partial charge in [-0.05, 0) is 30.0 Å². The molecule has 2 amide bonds. The number of likely N-dealkylation sites (N-methyl/N-ethyl adjacent to an activating group) is 1. The summed E-state index contributed by atoms with van der Waals surface area (Å²) in [6.07, 6.45) is 1.11. The molecule has 0 fully saturated rings. The molecule has 1 unspecified atom stereocenters. The van der Waals surface area contributed by atoms with Gasteiger partial charge in [-0.15, -0.1) is 0 Å². The Balaban J connectivity index is 2.62. The topological polar surface area (TPSA) is 84.2 Å². The van der Waals surface area contributed by atoms with Crippen molar-refractivity contribution in [3.05, 3.63) is 29.8 Å². The third-order valence-electron chi connectivity index (χ3n) is 3.28. The molecule has 0 bridgehead atoms. The van der Waals surface area contributed by atoms with Gasteiger partial charge in [-0.1, -0.05) is 26.0 Å². The van der Waals surface area contributed by atoms with Gasteiger partial charge in [0.1, 0.15) is 0 Å². The monoisotopic (exact) mass is 291 g/mol. The summed E-state index contributed by atoms with van der Waals surface area (Å²) in [7, 11) is 1.61. The number of hydrogen-bond acceptors (Lipinski definition) is 3. The summed E-state index contributed by atoms with van der Waals surface area (Å²) in [5, 5.41) is 5.45. The summed E-state index contributed by atoms with van der Waals surface area (Å²) >= 11 is 0. The van der Waals surface area contributed by atoms with E-state index in [0.717, 1.165) is 17.7 Å². The summed E-state index contributed by atoms with van der Waals surface area (Å²) in [5.41, 5.74) is 7.30. The summed E-state index contributed by atoms with van der Waals surface area (Å²) < 4.78 is 0. The SMILES string of the molecule is CNC(=O)Cc1ccc(NC(=O)C(CN)CC(C)C)cc1. The van der Waals surface area contributed by atoms with Gasteiger partial charge in [-0.25, -0.2) is 0 Å². The van der Waals surface area contributed by atoms with Crippen molar-refractivity contribution in [2.45, 2.75) is 26.7 Å². The van der Waals surface area contributed by atoms with Crippen LogP contribution in [0.1, 0.15) is 25.8 Å². The molecule has 0 aromatic heterocycles. The van der Waals surface area contributed by atoms with Crippen molar-refractivity contribution in [3.63, 3.8) is 0 Å². The second-order valence-electron chi connectivity index (χ2n) is 5.60. The molecule has 1 atom stereocenters. The standard InChI is InChI=1S/C16H25N3O2/c1-11(2)8-13(10-17)16(21)19-14-6-4-12(5-7-14)9-15(20)18-3/h4-7,11,13H,8-10,17H2,1-3H3,(H,18,20)(H,19,21). The number of nitrogens with one attached hydrogen (secondary N) is 2. The number of benzene rings is 1. The van der Waals surface area contributed by atoms with Crippen LogP contribution in [0, 0.1) is 11.8 Å². The number of amides is 2. The van der Waals surface area contributed by atoms with Crippen LogP contribution in [0.4, 0.5) is 5.69 Å². The third-order valence-corrected chi connectivity index (χ3v) is 3.28. The fraction of sp³-hybridized carbons (Fsp3) is 0.500. The molecular formula is C16H25N3O2. The molecule has 1 rings (SSSR count). The second kappa shape index (κ2) is 8.42. The molecule has 0 aliphatic carbocycles. The first-order chi connectivity index (χ1) is 9.96. The Labute approximate surface area is 126 Å². The van der Waals surface area contributed by atoms with Gasteiger partial charge in [-0.2, -0.15) is 0 Å². The molecule has 0 saturated carbocycles. The van der Waals surface area contributed by atoms with Gasteiger partial charge >= 0.3 is 0 Å². The fourth-order valence-corrected chi connectivity index (χ4v) is 2.10. The second-order valence-corrected chi connectivity index (χ2v) is 5.60. The van der Waals surface area contributed by atoms with Crippen LogP contribution >= 0.6 is 0 Å². The van der Waals surface area contributed by atoms with Crippen LogP contribution in [0.2, 0.25) is 0 Å². The molecule has 116 valence electrons. The van der Waals surface area contributed by atoms with E-state index in [9.17, 15) is 9.59 Å². The zero-order valence-electron chi connectivity index (χ0n) is 13.0. The van der Waals surface area contributed by atoms with Gasteiger partial charge in [0.25, 0.3) is 0 Å². The predicted octanol–water partition coefficient (Wildman–Crippen LogP) is 1.53. The van der Waals surface area contributed by atoms with E-state index in [1.165, 1.54) is 0 Å². The molecule has 5 nitrogen and oxygen atoms in total. The zero-order valence-corrected chi connectivity index (χ0v) is 13.0. The molecule has 0 radical (unpaired) electrons. The molecule has 0 aliphatic rings. The van der Waals surface area contributed by atoms with Gasteiger partial charge in [-0.3, -0.25) is 9.59 Å². The molecule has 0 spiro atoms. The number of anilines is 1. The Kier molecular flexibility index (Phi) is 6.88. The summed E-state index contributed by atoms with van der Waals surface area (Å²) in [6.45, 7) is 4.49. The first-order valence-corrected chi connectivity index (χ1v) is 7.26. The lowest BCUT2D eigenvalue weighted by molar-refractivity contribution is -0.120. The largest absolute Gasteiger partial charge is 0.359 e. The van der Waals surface area contributed by atoms with Crippen molar-refractivity contribution in [1.82, 2.24) is 5.32 Å². The van der Waals surface area contributed by atoms with Crippen molar-refractivity contribution >= 4 is 17.5 Å². The highest BCUT2D eigenvalue weighted by Gasteiger charge is 2.18. The van der Waals surface area contributed by atoms with Crippen LogP contribution < -0.4 is 16.4 Å². The van der Waals surface area contributed by atoms with Gasteiger partial charge in [0.15, 0.2) is 0 Å². The van der Waals surface area contributed by atoms with Crippen molar-refractivity contribution < 1.29 is 9.59 Å². The molecule has 21 heavy (non-hydrogen) atoms. The fourth-order valence-electron chi connectivity index (χ4n) is 2.10. The lowest BCUT2D eigenvalue weighted by Gasteiger charge is -2.17.